The summed E-state index contributed by atoms with van der Waals surface area (Å²) in [6.07, 6.45) is 0. The van der Waals surface area contributed by atoms with Crippen molar-refractivity contribution in [2.75, 3.05) is 13.0 Å². The number of aromatic nitrogens is 4. The number of fused-ring (bicyclic) bond motifs is 1. The molecule has 30 heavy (non-hydrogen) atoms. The summed E-state index contributed by atoms with van der Waals surface area (Å²) in [4.78, 5) is 4.69. The maximum Gasteiger partial charge on any atom is 0.210 e. The Kier molecular flexibility index (Phi) is 5.96. The number of aryl methyl sites for hydroxylation is 1. The Morgan fingerprint density at radius 2 is 1.90 bits per heavy atom. The van der Waals surface area contributed by atoms with Gasteiger partial charge < -0.3 is 15.3 Å². The van der Waals surface area contributed by atoms with Crippen LogP contribution in [0.4, 0.5) is 0 Å². The smallest absolute Gasteiger partial charge is 0.210 e. The fraction of sp³-hybridized carbons (Fsp3) is 0.190. The third-order valence-corrected chi connectivity index (χ3v) is 6.08. The molecule has 0 aliphatic rings. The topological polar surface area (TPSA) is 88.1 Å². The molecule has 154 valence electrons. The lowest BCUT2D eigenvalue weighted by Gasteiger charge is -2.10. The van der Waals surface area contributed by atoms with Gasteiger partial charge in [-0.2, -0.15) is 0 Å². The number of hydrogen-bond acceptors (Lipinski definition) is 7. The lowest BCUT2D eigenvalue weighted by atomic mass is 10.1. The highest BCUT2D eigenvalue weighted by atomic mass is 35.5. The molecule has 2 aromatic heterocycles. The van der Waals surface area contributed by atoms with Crippen molar-refractivity contribution in [1.82, 2.24) is 19.9 Å². The largest absolute Gasteiger partial charge is 0.497 e. The third-order valence-electron chi connectivity index (χ3n) is 4.63. The van der Waals surface area contributed by atoms with Gasteiger partial charge in [0.25, 0.3) is 0 Å². The zero-order valence-corrected chi connectivity index (χ0v) is 18.1. The normalized spacial score (nSPS) is 11.0. The second kappa shape index (κ2) is 8.81. The Morgan fingerprint density at radius 1 is 1.10 bits per heavy atom. The van der Waals surface area contributed by atoms with Crippen molar-refractivity contribution in [3.05, 3.63) is 70.6 Å². The molecular weight excluding hydrogens is 422 g/mol. The van der Waals surface area contributed by atoms with Gasteiger partial charge in [-0.25, -0.2) is 4.68 Å². The van der Waals surface area contributed by atoms with E-state index in [9.17, 15) is 0 Å². The molecular formula is C21H20ClN5O2S. The zero-order chi connectivity index (χ0) is 21.1. The van der Waals surface area contributed by atoms with E-state index in [0.717, 1.165) is 22.2 Å². The Labute approximate surface area is 183 Å². The predicted molar refractivity (Wildman–Crippen MR) is 119 cm³/mol. The molecule has 0 bridgehead atoms. The first-order valence-corrected chi connectivity index (χ1v) is 10.6. The number of hydrogen-bond donors (Lipinski definition) is 1. The Balaban J connectivity index is 1.46. The number of rotatable bonds is 7. The van der Waals surface area contributed by atoms with Crippen LogP contribution in [0.2, 0.25) is 5.02 Å². The number of nitrogens with two attached hydrogens (primary N) is 1. The van der Waals surface area contributed by atoms with Gasteiger partial charge in [0.05, 0.1) is 23.3 Å². The van der Waals surface area contributed by atoms with Crippen molar-refractivity contribution in [3.8, 4) is 11.5 Å². The van der Waals surface area contributed by atoms with Crippen LogP contribution in [0.15, 0.2) is 53.7 Å². The summed E-state index contributed by atoms with van der Waals surface area (Å²) in [6.45, 7) is 2.19. The van der Waals surface area contributed by atoms with E-state index in [1.54, 1.807) is 13.2 Å². The molecule has 0 saturated heterocycles. The number of nitrogen functional groups attached to an aromatic ring is 1. The van der Waals surface area contributed by atoms with Crippen molar-refractivity contribution in [3.63, 3.8) is 0 Å². The van der Waals surface area contributed by atoms with Crippen LogP contribution in [0.1, 0.15) is 17.1 Å². The van der Waals surface area contributed by atoms with E-state index in [1.165, 1.54) is 16.4 Å². The quantitative estimate of drug-likeness (QED) is 0.336. The minimum absolute atomic E-state index is 0.186. The monoisotopic (exact) mass is 441 g/mol. The van der Waals surface area contributed by atoms with Crippen LogP contribution < -0.4 is 15.3 Å². The lowest BCUT2D eigenvalue weighted by Crippen LogP contribution is -2.15. The van der Waals surface area contributed by atoms with Gasteiger partial charge in [0.15, 0.2) is 5.82 Å². The molecule has 0 amide bonds. The average molecular weight is 442 g/mol. The number of halogens is 1. The molecule has 0 saturated carbocycles. The molecule has 9 heteroatoms. The molecule has 0 radical (unpaired) electrons. The first kappa shape index (κ1) is 20.3. The van der Waals surface area contributed by atoms with Gasteiger partial charge in [0, 0.05) is 17.2 Å². The molecule has 2 N–H and O–H groups in total. The van der Waals surface area contributed by atoms with Gasteiger partial charge in [0.2, 0.25) is 5.16 Å². The van der Waals surface area contributed by atoms with Crippen LogP contribution in [-0.2, 0) is 12.4 Å². The summed E-state index contributed by atoms with van der Waals surface area (Å²) >= 11 is 7.97. The second-order valence-corrected chi connectivity index (χ2v) is 7.86. The fourth-order valence-corrected chi connectivity index (χ4v) is 4.10. The Hall–Kier alpha value is -2.97. The Bertz CT molecular complexity index is 1200. The lowest BCUT2D eigenvalue weighted by molar-refractivity contribution is 0.289. The highest BCUT2D eigenvalue weighted by molar-refractivity contribution is 7.98. The molecule has 4 rings (SSSR count). The van der Waals surface area contributed by atoms with Crippen LogP contribution in [0.25, 0.3) is 10.9 Å². The zero-order valence-electron chi connectivity index (χ0n) is 16.5. The van der Waals surface area contributed by atoms with Crippen molar-refractivity contribution >= 4 is 34.3 Å². The van der Waals surface area contributed by atoms with E-state index < -0.39 is 0 Å². The van der Waals surface area contributed by atoms with E-state index in [2.05, 4.69) is 10.2 Å². The van der Waals surface area contributed by atoms with Gasteiger partial charge in [0.1, 0.15) is 18.1 Å². The van der Waals surface area contributed by atoms with E-state index in [4.69, 9.17) is 31.9 Å². The first-order valence-electron chi connectivity index (χ1n) is 9.19. The molecule has 7 nitrogen and oxygen atoms in total. The van der Waals surface area contributed by atoms with Gasteiger partial charge in [-0.3, -0.25) is 4.98 Å². The van der Waals surface area contributed by atoms with Crippen molar-refractivity contribution < 1.29 is 9.47 Å². The average Bonchev–Trinajstić information content (AvgIpc) is 3.13. The highest BCUT2D eigenvalue weighted by Crippen LogP contribution is 2.30. The van der Waals surface area contributed by atoms with Gasteiger partial charge in [-0.05, 0) is 30.7 Å². The number of para-hydroxylation sites is 1. The fourth-order valence-electron chi connectivity index (χ4n) is 2.99. The number of ether oxygens (including phenoxy) is 2. The standard InChI is InChI=1S/C21H20ClN5O2S/c1-13-16-8-3-4-9-17(16)24-18(20(13)22)12-30-21-26-25-19(27(21)23)11-29-15-7-5-6-14(10-15)28-2/h3-10H,11-12,23H2,1-2H3. The number of methoxy groups -OCH3 is 1. The number of benzene rings is 2. The number of nitrogens with zero attached hydrogens (tertiary/aromatic N) is 4. The van der Waals surface area contributed by atoms with Gasteiger partial charge in [-0.15, -0.1) is 10.2 Å². The summed E-state index contributed by atoms with van der Waals surface area (Å²) in [7, 11) is 1.61. The van der Waals surface area contributed by atoms with Crippen molar-refractivity contribution in [1.29, 1.82) is 0 Å². The maximum absolute atomic E-state index is 6.55. The van der Waals surface area contributed by atoms with Gasteiger partial charge >= 0.3 is 0 Å². The van der Waals surface area contributed by atoms with Crippen LogP contribution in [0, 0.1) is 6.92 Å². The molecule has 0 fully saturated rings. The van der Waals surface area contributed by atoms with Crippen LogP contribution in [0.5, 0.6) is 11.5 Å². The summed E-state index contributed by atoms with van der Waals surface area (Å²) in [5.74, 6) is 8.57. The maximum atomic E-state index is 6.55. The predicted octanol–water partition coefficient (Wildman–Crippen LogP) is 4.38. The molecule has 0 aliphatic carbocycles. The van der Waals surface area contributed by atoms with Crippen LogP contribution in [-0.4, -0.2) is 27.0 Å². The molecule has 0 aliphatic heterocycles. The number of pyridine rings is 1. The summed E-state index contributed by atoms with van der Waals surface area (Å²) < 4.78 is 12.4. The van der Waals surface area contributed by atoms with Gasteiger partial charge in [-0.1, -0.05) is 47.6 Å². The van der Waals surface area contributed by atoms with Crippen molar-refractivity contribution in [2.45, 2.75) is 24.4 Å². The molecule has 2 aromatic carbocycles. The minimum Gasteiger partial charge on any atom is -0.497 e. The highest BCUT2D eigenvalue weighted by Gasteiger charge is 2.15. The van der Waals surface area contributed by atoms with E-state index in [1.807, 2.05) is 49.4 Å². The van der Waals surface area contributed by atoms with E-state index >= 15 is 0 Å². The van der Waals surface area contributed by atoms with Crippen molar-refractivity contribution in [2.24, 2.45) is 0 Å². The van der Waals surface area contributed by atoms with E-state index in [0.29, 0.717) is 33.3 Å². The number of thioether (sulfide) groups is 1. The molecule has 2 heterocycles. The molecule has 0 spiro atoms. The Morgan fingerprint density at radius 3 is 2.73 bits per heavy atom. The molecule has 0 unspecified atom stereocenters. The third kappa shape index (κ3) is 4.15. The van der Waals surface area contributed by atoms with Crippen LogP contribution >= 0.6 is 23.4 Å². The summed E-state index contributed by atoms with van der Waals surface area (Å²) in [6, 6.07) is 15.3. The molecule has 0 atom stereocenters. The van der Waals surface area contributed by atoms with E-state index in [-0.39, 0.29) is 6.61 Å². The summed E-state index contributed by atoms with van der Waals surface area (Å²) in [5, 5.41) is 10.6. The molecule has 4 aromatic rings. The second-order valence-electron chi connectivity index (χ2n) is 6.54. The summed E-state index contributed by atoms with van der Waals surface area (Å²) in [5.41, 5.74) is 2.71. The van der Waals surface area contributed by atoms with Crippen LogP contribution in [0.3, 0.4) is 0 Å². The SMILES string of the molecule is COc1cccc(OCc2nnc(SCc3nc4ccccc4c(C)c3Cl)n2N)c1. The first-order chi connectivity index (χ1) is 14.6. The minimum atomic E-state index is 0.186.